The van der Waals surface area contributed by atoms with Crippen molar-refractivity contribution in [1.29, 1.82) is 5.26 Å². The Hall–Kier alpha value is -2.30. The number of nitrogens with one attached hydrogen (secondary N) is 1. The Bertz CT molecular complexity index is 606. The fourth-order valence-corrected chi connectivity index (χ4v) is 2.37. The fraction of sp³-hybridized carbons (Fsp3) is 0.167. The van der Waals surface area contributed by atoms with Crippen molar-refractivity contribution in [2.75, 3.05) is 0 Å². The van der Waals surface area contributed by atoms with Crippen LogP contribution in [0, 0.1) is 21.4 Å². The Morgan fingerprint density at radius 2 is 2.37 bits per heavy atom. The van der Waals surface area contributed by atoms with Crippen LogP contribution in [-0.4, -0.2) is 9.91 Å². The highest BCUT2D eigenvalue weighted by Crippen LogP contribution is 2.28. The van der Waals surface area contributed by atoms with Gasteiger partial charge < -0.3 is 0 Å². The normalized spacial score (nSPS) is 11.7. The van der Waals surface area contributed by atoms with Gasteiger partial charge in [-0.05, 0) is 17.7 Å². The average molecular weight is 274 g/mol. The van der Waals surface area contributed by atoms with Crippen molar-refractivity contribution in [3.63, 3.8) is 0 Å². The number of thiophene rings is 1. The second-order valence-corrected chi connectivity index (χ2v) is 4.83. The molecule has 0 aliphatic carbocycles. The van der Waals surface area contributed by atoms with E-state index >= 15 is 0 Å². The molecule has 2 aromatic rings. The molecule has 0 saturated heterocycles. The monoisotopic (exact) mass is 274 g/mol. The summed E-state index contributed by atoms with van der Waals surface area (Å²) in [6.07, 6.45) is 3.38. The molecule has 2 heterocycles. The predicted octanol–water partition coefficient (Wildman–Crippen LogP) is 2.41. The van der Waals surface area contributed by atoms with Gasteiger partial charge in [-0.15, -0.1) is 0 Å². The Kier molecular flexibility index (Phi) is 4.18. The minimum Gasteiger partial charge on any atom is -0.293 e. The lowest BCUT2D eigenvalue weighted by Gasteiger charge is -2.08. The van der Waals surface area contributed by atoms with Crippen LogP contribution in [-0.2, 0) is 6.54 Å². The van der Waals surface area contributed by atoms with Gasteiger partial charge in [0.05, 0.1) is 11.0 Å². The van der Waals surface area contributed by atoms with Crippen molar-refractivity contribution >= 4 is 16.3 Å². The highest BCUT2D eigenvalue weighted by atomic mass is 32.1. The second kappa shape index (κ2) is 6.04. The summed E-state index contributed by atoms with van der Waals surface area (Å²) in [6.45, 7) is 0.484. The van der Waals surface area contributed by atoms with Crippen LogP contribution >= 0.6 is 11.3 Å². The van der Waals surface area contributed by atoms with Crippen LogP contribution in [0.15, 0.2) is 36.7 Å². The zero-order valence-corrected chi connectivity index (χ0v) is 10.6. The topological polar surface area (TPSA) is 91.8 Å². The molecular formula is C12H10N4O2S. The minimum absolute atomic E-state index is 0.0402. The third-order valence-electron chi connectivity index (χ3n) is 2.44. The minimum atomic E-state index is -0.557. The molecule has 0 bridgehead atoms. The van der Waals surface area contributed by atoms with E-state index in [4.69, 9.17) is 5.26 Å². The van der Waals surface area contributed by atoms with E-state index in [0.29, 0.717) is 11.4 Å². The molecule has 96 valence electrons. The first-order chi connectivity index (χ1) is 9.20. The Labute approximate surface area is 113 Å². The van der Waals surface area contributed by atoms with Crippen molar-refractivity contribution in [2.45, 2.75) is 12.6 Å². The van der Waals surface area contributed by atoms with Gasteiger partial charge in [-0.25, -0.2) is 0 Å². The highest BCUT2D eigenvalue weighted by molar-refractivity contribution is 7.15. The van der Waals surface area contributed by atoms with E-state index < -0.39 is 11.0 Å². The van der Waals surface area contributed by atoms with E-state index in [1.165, 1.54) is 6.07 Å². The summed E-state index contributed by atoms with van der Waals surface area (Å²) in [5.74, 6) is 0. The molecule has 0 aromatic carbocycles. The van der Waals surface area contributed by atoms with Crippen molar-refractivity contribution in [3.05, 3.63) is 57.2 Å². The lowest BCUT2D eigenvalue weighted by atomic mass is 10.2. The van der Waals surface area contributed by atoms with Crippen LogP contribution in [0.1, 0.15) is 16.5 Å². The first-order valence-electron chi connectivity index (χ1n) is 5.46. The SMILES string of the molecule is N#CC(NCc1cccnc1)c1ccc([N+](=O)[O-])s1. The van der Waals surface area contributed by atoms with Crippen molar-refractivity contribution < 1.29 is 4.92 Å². The summed E-state index contributed by atoms with van der Waals surface area (Å²) in [6, 6.07) is 8.27. The molecule has 19 heavy (non-hydrogen) atoms. The summed E-state index contributed by atoms with van der Waals surface area (Å²) >= 11 is 1.01. The van der Waals surface area contributed by atoms with Gasteiger partial charge in [-0.2, -0.15) is 5.26 Å². The molecule has 0 aliphatic heterocycles. The highest BCUT2D eigenvalue weighted by Gasteiger charge is 2.17. The van der Waals surface area contributed by atoms with Gasteiger partial charge in [0.1, 0.15) is 6.04 Å². The predicted molar refractivity (Wildman–Crippen MR) is 70.4 cm³/mol. The Morgan fingerprint density at radius 3 is 2.95 bits per heavy atom. The summed E-state index contributed by atoms with van der Waals surface area (Å²) in [7, 11) is 0. The fourth-order valence-electron chi connectivity index (χ4n) is 1.53. The summed E-state index contributed by atoms with van der Waals surface area (Å²) in [4.78, 5) is 14.8. The molecule has 0 amide bonds. The number of nitrogens with zero attached hydrogens (tertiary/aromatic N) is 3. The smallest absolute Gasteiger partial charge is 0.293 e. The van der Waals surface area contributed by atoms with E-state index in [-0.39, 0.29) is 5.00 Å². The molecule has 0 radical (unpaired) electrons. The standard InChI is InChI=1S/C12H10N4O2S/c13-6-10(11-3-4-12(19-11)16(17)18)15-8-9-2-1-5-14-7-9/h1-5,7,10,15H,8H2. The third kappa shape index (κ3) is 3.34. The van der Waals surface area contributed by atoms with Crippen LogP contribution in [0.25, 0.3) is 0 Å². The molecule has 2 aromatic heterocycles. The molecule has 0 saturated carbocycles. The molecule has 1 N–H and O–H groups in total. The number of aromatic nitrogens is 1. The van der Waals surface area contributed by atoms with Crippen molar-refractivity contribution in [1.82, 2.24) is 10.3 Å². The Balaban J connectivity index is 2.04. The van der Waals surface area contributed by atoms with Crippen LogP contribution in [0.4, 0.5) is 5.00 Å². The van der Waals surface area contributed by atoms with Crippen molar-refractivity contribution in [3.8, 4) is 6.07 Å². The largest absolute Gasteiger partial charge is 0.324 e. The molecule has 1 unspecified atom stereocenters. The summed E-state index contributed by atoms with van der Waals surface area (Å²) in [5.41, 5.74) is 0.953. The maximum absolute atomic E-state index is 10.6. The average Bonchev–Trinajstić information content (AvgIpc) is 2.90. The van der Waals surface area contributed by atoms with Crippen LogP contribution in [0.2, 0.25) is 0 Å². The number of hydrogen-bond acceptors (Lipinski definition) is 6. The molecule has 6 nitrogen and oxygen atoms in total. The first kappa shape index (κ1) is 13.1. The van der Waals surface area contributed by atoms with Crippen molar-refractivity contribution in [2.24, 2.45) is 0 Å². The number of hydrogen-bond donors (Lipinski definition) is 1. The number of rotatable bonds is 5. The third-order valence-corrected chi connectivity index (χ3v) is 3.54. The van der Waals surface area contributed by atoms with Gasteiger partial charge in [0.25, 0.3) is 0 Å². The van der Waals surface area contributed by atoms with Crippen LogP contribution in [0.5, 0.6) is 0 Å². The van der Waals surface area contributed by atoms with Crippen LogP contribution < -0.4 is 5.32 Å². The zero-order chi connectivity index (χ0) is 13.7. The van der Waals surface area contributed by atoms with E-state index in [0.717, 1.165) is 16.9 Å². The number of pyridine rings is 1. The maximum atomic E-state index is 10.6. The van der Waals surface area contributed by atoms with Gasteiger partial charge in [-0.3, -0.25) is 20.4 Å². The van der Waals surface area contributed by atoms with E-state index in [1.807, 2.05) is 12.1 Å². The van der Waals surface area contributed by atoms with E-state index in [2.05, 4.69) is 16.4 Å². The van der Waals surface area contributed by atoms with Gasteiger partial charge in [0, 0.05) is 29.9 Å². The first-order valence-corrected chi connectivity index (χ1v) is 6.28. The van der Waals surface area contributed by atoms with E-state index in [9.17, 15) is 10.1 Å². The van der Waals surface area contributed by atoms with Gasteiger partial charge in [-0.1, -0.05) is 17.4 Å². The molecular weight excluding hydrogens is 264 g/mol. The molecule has 7 heteroatoms. The lowest BCUT2D eigenvalue weighted by Crippen LogP contribution is -2.18. The molecule has 0 fully saturated rings. The second-order valence-electron chi connectivity index (χ2n) is 3.74. The number of nitriles is 1. The molecule has 1 atom stereocenters. The maximum Gasteiger partial charge on any atom is 0.324 e. The molecule has 2 rings (SSSR count). The van der Waals surface area contributed by atoms with Gasteiger partial charge in [0.2, 0.25) is 0 Å². The summed E-state index contributed by atoms with van der Waals surface area (Å²) in [5, 5.41) is 22.8. The lowest BCUT2D eigenvalue weighted by molar-refractivity contribution is -0.380. The quantitative estimate of drug-likeness (QED) is 0.667. The van der Waals surface area contributed by atoms with E-state index in [1.54, 1.807) is 18.5 Å². The molecule has 0 aliphatic rings. The summed E-state index contributed by atoms with van der Waals surface area (Å²) < 4.78 is 0. The van der Waals surface area contributed by atoms with Gasteiger partial charge >= 0.3 is 5.00 Å². The van der Waals surface area contributed by atoms with Crippen LogP contribution in [0.3, 0.4) is 0 Å². The number of nitro groups is 1. The zero-order valence-electron chi connectivity index (χ0n) is 9.81. The molecule has 0 spiro atoms. The van der Waals surface area contributed by atoms with Gasteiger partial charge in [0.15, 0.2) is 0 Å². The Morgan fingerprint density at radius 1 is 1.53 bits per heavy atom.